The summed E-state index contributed by atoms with van der Waals surface area (Å²) in [5, 5.41) is 0. The molecule has 2 heterocycles. The van der Waals surface area contributed by atoms with Gasteiger partial charge in [0.1, 0.15) is 0 Å². The van der Waals surface area contributed by atoms with E-state index in [0.29, 0.717) is 6.54 Å². The monoisotopic (exact) mass is 237 g/mol. The van der Waals surface area contributed by atoms with Crippen LogP contribution in [0.5, 0.6) is 0 Å². The van der Waals surface area contributed by atoms with Crippen LogP contribution in [0.3, 0.4) is 0 Å². The Morgan fingerprint density at radius 1 is 1.06 bits per heavy atom. The van der Waals surface area contributed by atoms with E-state index in [1.807, 2.05) is 0 Å². The van der Waals surface area contributed by atoms with E-state index >= 15 is 0 Å². The van der Waals surface area contributed by atoms with Crippen LogP contribution in [0.25, 0.3) is 0 Å². The minimum absolute atomic E-state index is 0. The average molecular weight is 238 g/mol. The van der Waals surface area contributed by atoms with Gasteiger partial charge in [0.15, 0.2) is 0 Å². The maximum Gasteiger partial charge on any atom is 0.0431 e. The maximum absolute atomic E-state index is 5.75. The highest BCUT2D eigenvalue weighted by molar-refractivity contribution is 5.64. The first-order valence-corrected chi connectivity index (χ1v) is 5.98. The summed E-state index contributed by atoms with van der Waals surface area (Å²) in [4.78, 5) is 2.57. The summed E-state index contributed by atoms with van der Waals surface area (Å²) in [7, 11) is 0. The van der Waals surface area contributed by atoms with Gasteiger partial charge in [0.05, 0.1) is 0 Å². The summed E-state index contributed by atoms with van der Waals surface area (Å²) in [6.45, 7) is 3.18. The van der Waals surface area contributed by atoms with Crippen LogP contribution in [-0.4, -0.2) is 13.1 Å². The fourth-order valence-electron chi connectivity index (χ4n) is 2.99. The van der Waals surface area contributed by atoms with Crippen LogP contribution in [0.1, 0.15) is 29.5 Å². The molecule has 0 aliphatic carbocycles. The number of halogens is 1. The molecule has 2 aliphatic heterocycles. The maximum atomic E-state index is 5.75. The van der Waals surface area contributed by atoms with Crippen molar-refractivity contribution in [3.05, 3.63) is 28.8 Å². The SMILES string of the molecule is NCc1cc2c3c(c1)CCCN3CCC2.[Cl-]. The first-order valence-electron chi connectivity index (χ1n) is 5.98. The van der Waals surface area contributed by atoms with Gasteiger partial charge in [0, 0.05) is 25.3 Å². The van der Waals surface area contributed by atoms with Crippen molar-refractivity contribution < 1.29 is 12.4 Å². The lowest BCUT2D eigenvalue weighted by Gasteiger charge is -2.37. The third kappa shape index (κ3) is 1.80. The second-order valence-corrected chi connectivity index (χ2v) is 4.66. The summed E-state index contributed by atoms with van der Waals surface area (Å²) < 4.78 is 0. The van der Waals surface area contributed by atoms with E-state index in [1.165, 1.54) is 44.3 Å². The van der Waals surface area contributed by atoms with Crippen LogP contribution in [0.2, 0.25) is 0 Å². The number of hydrogen-bond donors (Lipinski definition) is 1. The fourth-order valence-corrected chi connectivity index (χ4v) is 2.99. The summed E-state index contributed by atoms with van der Waals surface area (Å²) in [5.41, 5.74) is 11.7. The molecule has 0 atom stereocenters. The topological polar surface area (TPSA) is 29.3 Å². The lowest BCUT2D eigenvalue weighted by Crippen LogP contribution is -3.00. The second kappa shape index (κ2) is 4.64. The molecule has 0 aromatic heterocycles. The van der Waals surface area contributed by atoms with Gasteiger partial charge < -0.3 is 23.0 Å². The Balaban J connectivity index is 0.000000963. The van der Waals surface area contributed by atoms with Crippen molar-refractivity contribution >= 4 is 5.69 Å². The van der Waals surface area contributed by atoms with Crippen molar-refractivity contribution in [2.45, 2.75) is 32.2 Å². The molecule has 0 amide bonds. The average Bonchev–Trinajstić information content (AvgIpc) is 2.29. The molecule has 1 aromatic carbocycles. The van der Waals surface area contributed by atoms with Crippen LogP contribution >= 0.6 is 0 Å². The third-order valence-electron chi connectivity index (χ3n) is 3.63. The molecule has 2 N–H and O–H groups in total. The van der Waals surface area contributed by atoms with Gasteiger partial charge in [-0.05, 0) is 42.4 Å². The number of benzene rings is 1. The fraction of sp³-hybridized carbons (Fsp3) is 0.538. The lowest BCUT2D eigenvalue weighted by atomic mass is 9.90. The van der Waals surface area contributed by atoms with Crippen LogP contribution in [0.4, 0.5) is 5.69 Å². The van der Waals surface area contributed by atoms with Crippen molar-refractivity contribution in [3.63, 3.8) is 0 Å². The van der Waals surface area contributed by atoms with Crippen LogP contribution in [-0.2, 0) is 19.4 Å². The molecule has 1 aromatic rings. The van der Waals surface area contributed by atoms with Crippen LogP contribution < -0.4 is 23.0 Å². The van der Waals surface area contributed by atoms with Gasteiger partial charge in [-0.25, -0.2) is 0 Å². The normalized spacial score (nSPS) is 17.7. The number of nitrogens with two attached hydrogens (primary N) is 1. The third-order valence-corrected chi connectivity index (χ3v) is 3.63. The Morgan fingerprint density at radius 3 is 2.12 bits per heavy atom. The van der Waals surface area contributed by atoms with Gasteiger partial charge in [-0.15, -0.1) is 0 Å². The number of aryl methyl sites for hydroxylation is 2. The Hall–Kier alpha value is -0.730. The van der Waals surface area contributed by atoms with E-state index in [9.17, 15) is 0 Å². The molecule has 0 bridgehead atoms. The van der Waals surface area contributed by atoms with E-state index in [2.05, 4.69) is 17.0 Å². The molecule has 3 heteroatoms. The minimum atomic E-state index is 0. The Morgan fingerprint density at radius 2 is 1.62 bits per heavy atom. The van der Waals surface area contributed by atoms with Gasteiger partial charge in [0.2, 0.25) is 0 Å². The van der Waals surface area contributed by atoms with E-state index in [4.69, 9.17) is 5.73 Å². The molecule has 0 unspecified atom stereocenters. The highest BCUT2D eigenvalue weighted by atomic mass is 35.5. The smallest absolute Gasteiger partial charge is 0.0431 e. The number of hydrogen-bond acceptors (Lipinski definition) is 2. The highest BCUT2D eigenvalue weighted by Gasteiger charge is 2.23. The molecule has 0 radical (unpaired) electrons. The van der Waals surface area contributed by atoms with Crippen LogP contribution in [0, 0.1) is 0 Å². The quantitative estimate of drug-likeness (QED) is 0.669. The van der Waals surface area contributed by atoms with E-state index < -0.39 is 0 Å². The summed E-state index contributed by atoms with van der Waals surface area (Å²) in [6, 6.07) is 4.63. The first kappa shape index (κ1) is 11.7. The zero-order chi connectivity index (χ0) is 10.3. The molecular weight excluding hydrogens is 220 g/mol. The molecule has 2 nitrogen and oxygen atoms in total. The highest BCUT2D eigenvalue weighted by Crippen LogP contribution is 2.35. The molecule has 3 rings (SSSR count). The first-order chi connectivity index (χ1) is 7.38. The molecule has 0 fully saturated rings. The number of nitrogens with zero attached hydrogens (tertiary/aromatic N) is 1. The summed E-state index contributed by atoms with van der Waals surface area (Å²) in [5.74, 6) is 0. The Kier molecular flexibility index (Phi) is 3.41. The molecule has 0 spiro atoms. The van der Waals surface area contributed by atoms with Gasteiger partial charge >= 0.3 is 0 Å². The lowest BCUT2D eigenvalue weighted by molar-refractivity contribution is -0.00000311. The molecule has 2 aliphatic rings. The van der Waals surface area contributed by atoms with E-state index in [0.717, 1.165) is 0 Å². The second-order valence-electron chi connectivity index (χ2n) is 4.66. The van der Waals surface area contributed by atoms with Crippen molar-refractivity contribution in [1.29, 1.82) is 0 Å². The van der Waals surface area contributed by atoms with Crippen molar-refractivity contribution in [2.75, 3.05) is 18.0 Å². The standard InChI is InChI=1S/C13H18N2.ClH/c14-9-10-7-11-3-1-5-15-6-2-4-12(8-10)13(11)15;/h7-8H,1-6,9,14H2;1H/p-1. The molecule has 0 saturated heterocycles. The van der Waals surface area contributed by atoms with Gasteiger partial charge in [-0.3, -0.25) is 0 Å². The minimum Gasteiger partial charge on any atom is -1.00 e. The van der Waals surface area contributed by atoms with Crippen LogP contribution in [0.15, 0.2) is 12.1 Å². The Labute approximate surface area is 103 Å². The molecule has 88 valence electrons. The predicted molar refractivity (Wildman–Crippen MR) is 63.2 cm³/mol. The molecule has 0 saturated carbocycles. The number of anilines is 1. The van der Waals surface area contributed by atoms with Crippen molar-refractivity contribution in [1.82, 2.24) is 0 Å². The van der Waals surface area contributed by atoms with Gasteiger partial charge in [-0.2, -0.15) is 0 Å². The number of rotatable bonds is 1. The van der Waals surface area contributed by atoms with E-state index in [1.54, 1.807) is 16.8 Å². The summed E-state index contributed by atoms with van der Waals surface area (Å²) in [6.07, 6.45) is 5.10. The Bertz CT molecular complexity index is 359. The van der Waals surface area contributed by atoms with Crippen molar-refractivity contribution in [2.24, 2.45) is 5.73 Å². The zero-order valence-corrected chi connectivity index (χ0v) is 10.3. The molecule has 16 heavy (non-hydrogen) atoms. The van der Waals surface area contributed by atoms with Gasteiger partial charge in [-0.1, -0.05) is 12.1 Å². The van der Waals surface area contributed by atoms with E-state index in [-0.39, 0.29) is 12.4 Å². The summed E-state index contributed by atoms with van der Waals surface area (Å²) >= 11 is 0. The predicted octanol–water partition coefficient (Wildman–Crippen LogP) is -1.15. The van der Waals surface area contributed by atoms with Crippen molar-refractivity contribution in [3.8, 4) is 0 Å². The molecular formula is C13H18ClN2-. The largest absolute Gasteiger partial charge is 1.00 e. The van der Waals surface area contributed by atoms with Gasteiger partial charge in [0.25, 0.3) is 0 Å². The zero-order valence-electron chi connectivity index (χ0n) is 9.51.